The number of hydrogen-bond acceptors (Lipinski definition) is 4. The summed E-state index contributed by atoms with van der Waals surface area (Å²) in [5, 5.41) is 5.16. The van der Waals surface area contributed by atoms with Crippen molar-refractivity contribution in [2.45, 2.75) is 68.4 Å². The Morgan fingerprint density at radius 1 is 0.898 bits per heavy atom. The maximum atomic E-state index is 5.21. The summed E-state index contributed by atoms with van der Waals surface area (Å²) in [6.07, 6.45) is 23.0. The van der Waals surface area contributed by atoms with Crippen LogP contribution in [-0.2, 0) is 5.41 Å². The first-order valence-electron chi connectivity index (χ1n) is 18.2. The van der Waals surface area contributed by atoms with E-state index in [1.165, 1.54) is 57.1 Å². The van der Waals surface area contributed by atoms with E-state index in [1.54, 1.807) is 11.3 Å². The average molecular weight is 656 g/mol. The number of para-hydroxylation sites is 1. The molecule has 3 nitrogen and oxygen atoms in total. The molecule has 12 rings (SSSR count). The number of nitrogens with zero attached hydrogens (tertiary/aromatic N) is 2. The quantitative estimate of drug-likeness (QED) is 0.223. The summed E-state index contributed by atoms with van der Waals surface area (Å²) in [5.41, 5.74) is 13.2. The molecule has 3 aromatic carbocycles. The zero-order valence-electron chi connectivity index (χ0n) is 28.0. The fourth-order valence-electron chi connectivity index (χ4n) is 11.4. The van der Waals surface area contributed by atoms with Crippen LogP contribution in [0.2, 0.25) is 0 Å². The molecule has 6 atom stereocenters. The Kier molecular flexibility index (Phi) is 4.84. The molecule has 3 saturated carbocycles. The van der Waals surface area contributed by atoms with Gasteiger partial charge in [-0.3, -0.25) is 0 Å². The molecule has 0 saturated heterocycles. The van der Waals surface area contributed by atoms with Gasteiger partial charge in [-0.25, -0.2) is 4.98 Å². The van der Waals surface area contributed by atoms with E-state index in [-0.39, 0.29) is 28.7 Å². The van der Waals surface area contributed by atoms with Gasteiger partial charge in [0.2, 0.25) is 0 Å². The Hall–Kier alpha value is -4.41. The maximum absolute atomic E-state index is 5.21. The third-order valence-electron chi connectivity index (χ3n) is 14.1. The third kappa shape index (κ3) is 3.24. The van der Waals surface area contributed by atoms with Crippen molar-refractivity contribution in [1.29, 1.82) is 0 Å². The summed E-state index contributed by atoms with van der Waals surface area (Å²) in [5.74, 6) is 0.988. The van der Waals surface area contributed by atoms with Crippen molar-refractivity contribution in [2.75, 3.05) is 10.2 Å². The molecule has 242 valence electrons. The Bertz CT molecular complexity index is 2310. The normalized spacial score (nSPS) is 35.6. The molecule has 6 unspecified atom stereocenters. The zero-order chi connectivity index (χ0) is 32.4. The molecule has 49 heavy (non-hydrogen) atoms. The summed E-state index contributed by atoms with van der Waals surface area (Å²) < 4.78 is 0. The van der Waals surface area contributed by atoms with E-state index in [2.05, 4.69) is 145 Å². The molecular weight excluding hydrogens is 615 g/mol. The van der Waals surface area contributed by atoms with Crippen molar-refractivity contribution < 1.29 is 1.43 Å². The molecule has 8 aliphatic rings. The van der Waals surface area contributed by atoms with Gasteiger partial charge in [0.25, 0.3) is 0 Å². The van der Waals surface area contributed by atoms with E-state index in [1.807, 2.05) is 11.3 Å². The van der Waals surface area contributed by atoms with Crippen molar-refractivity contribution in [3.05, 3.63) is 148 Å². The predicted octanol–water partition coefficient (Wildman–Crippen LogP) is 10.9. The highest BCUT2D eigenvalue weighted by molar-refractivity contribution is 7.16. The minimum absolute atomic E-state index is 0. The number of nitrogens with one attached hydrogen (secondary N) is 1. The molecule has 0 bridgehead atoms. The van der Waals surface area contributed by atoms with Gasteiger partial charge in [-0.05, 0) is 84.1 Å². The highest BCUT2D eigenvalue weighted by Gasteiger charge is 2.76. The molecule has 2 aliphatic heterocycles. The summed E-state index contributed by atoms with van der Waals surface area (Å²) in [4.78, 5) is 9.35. The van der Waals surface area contributed by atoms with Crippen LogP contribution in [0.25, 0.3) is 22.2 Å². The molecule has 6 aliphatic carbocycles. The second kappa shape index (κ2) is 8.65. The zero-order valence-corrected chi connectivity index (χ0v) is 28.9. The van der Waals surface area contributed by atoms with Crippen molar-refractivity contribution >= 4 is 34.4 Å². The first-order chi connectivity index (χ1) is 23.9. The van der Waals surface area contributed by atoms with Crippen molar-refractivity contribution in [3.63, 3.8) is 0 Å². The number of aromatic nitrogens is 1. The van der Waals surface area contributed by atoms with Gasteiger partial charge in [0.1, 0.15) is 5.01 Å². The smallest absolute Gasteiger partial charge is 0.124 e. The molecule has 0 radical (unpaired) electrons. The number of allylic oxidation sites excluding steroid dienone is 5. The Morgan fingerprint density at radius 3 is 2.57 bits per heavy atom. The van der Waals surface area contributed by atoms with Gasteiger partial charge < -0.3 is 10.2 Å². The molecule has 4 heteroatoms. The first-order valence-corrected chi connectivity index (χ1v) is 19.0. The topological polar surface area (TPSA) is 28.2 Å². The molecule has 1 aromatic heterocycles. The van der Waals surface area contributed by atoms with E-state index in [4.69, 9.17) is 4.98 Å². The monoisotopic (exact) mass is 655 g/mol. The van der Waals surface area contributed by atoms with Crippen LogP contribution in [0.3, 0.4) is 0 Å². The van der Waals surface area contributed by atoms with Gasteiger partial charge in [-0.1, -0.05) is 105 Å². The first kappa shape index (κ1) is 27.4. The van der Waals surface area contributed by atoms with Gasteiger partial charge in [0, 0.05) is 52.8 Å². The fraction of sp³-hybridized carbons (Fsp3) is 0.311. The van der Waals surface area contributed by atoms with Crippen LogP contribution in [0.5, 0.6) is 0 Å². The third-order valence-corrected chi connectivity index (χ3v) is 15.1. The lowest BCUT2D eigenvalue weighted by Gasteiger charge is -2.41. The molecule has 1 N–H and O–H groups in total. The highest BCUT2D eigenvalue weighted by Crippen LogP contribution is 2.77. The highest BCUT2D eigenvalue weighted by atomic mass is 32.1. The van der Waals surface area contributed by atoms with Crippen molar-refractivity contribution in [2.24, 2.45) is 16.7 Å². The van der Waals surface area contributed by atoms with Crippen LogP contribution in [0.15, 0.2) is 127 Å². The standard InChI is InChI=1S/C45H39N3S.H2/c1-41(2)24-32-34-25-42(34,19-11-16-37(32)48(30-14-7-4-8-15-30)44-21-10-9-20-43(41,44)27-44)29-17-18-36-31(22-29)33-23-38-39(35-26-45(33,35)47-36)46-40(49-38)28-12-5-3-6-13-28;/h3-15,17-23,34-35,47H,16,24-27H2,1-2H3;1H. The molecule has 3 fully saturated rings. The number of rotatable bonds is 3. The van der Waals surface area contributed by atoms with Crippen LogP contribution in [0.1, 0.15) is 75.0 Å². The van der Waals surface area contributed by atoms with Crippen LogP contribution in [0.4, 0.5) is 11.4 Å². The average Bonchev–Trinajstić information content (AvgIpc) is 4.06. The van der Waals surface area contributed by atoms with Crippen molar-refractivity contribution in [1.82, 2.24) is 4.98 Å². The van der Waals surface area contributed by atoms with Crippen LogP contribution in [-0.4, -0.2) is 16.1 Å². The van der Waals surface area contributed by atoms with E-state index in [9.17, 15) is 0 Å². The van der Waals surface area contributed by atoms with Crippen LogP contribution < -0.4 is 10.2 Å². The van der Waals surface area contributed by atoms with E-state index in [0.29, 0.717) is 11.8 Å². The predicted molar refractivity (Wildman–Crippen MR) is 204 cm³/mol. The van der Waals surface area contributed by atoms with E-state index in [0.717, 1.165) is 24.3 Å². The van der Waals surface area contributed by atoms with Crippen LogP contribution in [0, 0.1) is 16.7 Å². The second-order valence-corrected chi connectivity index (χ2v) is 17.7. The lowest BCUT2D eigenvalue weighted by Crippen LogP contribution is -2.43. The van der Waals surface area contributed by atoms with Crippen LogP contribution >= 0.6 is 11.3 Å². The van der Waals surface area contributed by atoms with Gasteiger partial charge in [-0.15, -0.1) is 11.3 Å². The lowest BCUT2D eigenvalue weighted by molar-refractivity contribution is 0.216. The van der Waals surface area contributed by atoms with Crippen molar-refractivity contribution in [3.8, 4) is 10.6 Å². The number of thiazole rings is 1. The Labute approximate surface area is 294 Å². The number of benzene rings is 3. The van der Waals surface area contributed by atoms with Gasteiger partial charge in [0.15, 0.2) is 0 Å². The van der Waals surface area contributed by atoms with Gasteiger partial charge >= 0.3 is 0 Å². The number of hydrogen-bond donors (Lipinski definition) is 1. The fourth-order valence-corrected chi connectivity index (χ4v) is 12.5. The molecule has 4 aromatic rings. The minimum atomic E-state index is 0. The summed E-state index contributed by atoms with van der Waals surface area (Å²) in [7, 11) is 0. The molecule has 1 spiro atoms. The SMILES string of the molecule is CC1(C)CC2=C(CC=CC3(c4ccc5c(c4)C4=Cc6sc(-c7ccccc7)nc6C6CC46N5)CC23)N(c2ccccc2)C23C=CC=CC12C3.[HH]. The Morgan fingerprint density at radius 2 is 1.71 bits per heavy atom. The Balaban J connectivity index is 0.00000300. The number of fused-ring (bicyclic) bond motifs is 6. The van der Waals surface area contributed by atoms with Gasteiger partial charge in [-0.2, -0.15) is 0 Å². The van der Waals surface area contributed by atoms with Gasteiger partial charge in [0.05, 0.1) is 21.6 Å². The summed E-state index contributed by atoms with van der Waals surface area (Å²) in [6, 6.07) is 29.4. The van der Waals surface area contributed by atoms with E-state index < -0.39 is 0 Å². The second-order valence-electron chi connectivity index (χ2n) is 16.7. The molecular formula is C45H41N3S. The van der Waals surface area contributed by atoms with E-state index >= 15 is 0 Å². The maximum Gasteiger partial charge on any atom is 0.124 e. The molecule has 0 amide bonds. The summed E-state index contributed by atoms with van der Waals surface area (Å²) in [6.45, 7) is 5.11. The molecule has 3 heterocycles. The number of anilines is 2. The summed E-state index contributed by atoms with van der Waals surface area (Å²) >= 11 is 1.86. The largest absolute Gasteiger partial charge is 0.374 e. The lowest BCUT2D eigenvalue weighted by atomic mass is 9.68. The minimum Gasteiger partial charge on any atom is -0.374 e.